The molecule has 0 aliphatic carbocycles. The van der Waals surface area contributed by atoms with E-state index < -0.39 is 0 Å². The molecule has 0 amide bonds. The van der Waals surface area contributed by atoms with Crippen LogP contribution in [0.4, 0.5) is 0 Å². The maximum absolute atomic E-state index is 8.57. The Morgan fingerprint density at radius 2 is 1.80 bits per heavy atom. The third-order valence-corrected chi connectivity index (χ3v) is 0. The molecule has 0 spiro atoms. The van der Waals surface area contributed by atoms with E-state index in [2.05, 4.69) is 24.4 Å². The third-order valence-electron chi connectivity index (χ3n) is 0. The molecule has 4 heteroatoms. The SMILES string of the molecule is O=[C]=[Fe].[S]=[Bi]. The zero-order valence-electron chi connectivity index (χ0n) is 2.12. The second-order valence-electron chi connectivity index (χ2n) is 0.0722. The zero-order valence-corrected chi connectivity index (χ0v) is 7.52. The quantitative estimate of drug-likeness (QED) is 0.577. The van der Waals surface area contributed by atoms with Gasteiger partial charge in [-0.05, 0) is 0 Å². The van der Waals surface area contributed by atoms with Gasteiger partial charge >= 0.3 is 56.7 Å². The first kappa shape index (κ1) is 9.51. The van der Waals surface area contributed by atoms with E-state index in [0.29, 0.717) is 0 Å². The van der Waals surface area contributed by atoms with Crippen LogP contribution in [0.1, 0.15) is 0 Å². The van der Waals surface area contributed by atoms with Crippen LogP contribution < -0.4 is 0 Å². The Balaban J connectivity index is 0. The molecule has 0 saturated heterocycles. The van der Waals surface area contributed by atoms with Crippen molar-refractivity contribution < 1.29 is 20.4 Å². The fraction of sp³-hybridized carbons (Fsp3) is 0. The first-order valence-electron chi connectivity index (χ1n) is 0.563. The summed E-state index contributed by atoms with van der Waals surface area (Å²) in [4.78, 5) is 9.82. The summed E-state index contributed by atoms with van der Waals surface area (Å²) < 4.78 is 0. The molecule has 0 fully saturated rings. The average molecular weight is 325 g/mol. The zero-order chi connectivity index (χ0) is 4.71. The van der Waals surface area contributed by atoms with Crippen molar-refractivity contribution in [2.24, 2.45) is 0 Å². The first-order chi connectivity index (χ1) is 2.41. The summed E-state index contributed by atoms with van der Waals surface area (Å²) in [5.41, 5.74) is 0. The van der Waals surface area contributed by atoms with Crippen molar-refractivity contribution in [3.8, 4) is 0 Å². The van der Waals surface area contributed by atoms with Gasteiger partial charge in [0.05, 0.1) is 0 Å². The number of carbonyl (C=O) groups excluding carboxylic acids is 1. The van der Waals surface area contributed by atoms with E-state index in [1.54, 1.807) is 0 Å². The number of hydrogen-bond donors (Lipinski definition) is 0. The summed E-state index contributed by atoms with van der Waals surface area (Å²) in [6.45, 7) is 0. The molecule has 0 aliphatic heterocycles. The summed E-state index contributed by atoms with van der Waals surface area (Å²) >= 11 is 3.71. The van der Waals surface area contributed by atoms with Gasteiger partial charge in [-0.2, -0.15) is 0 Å². The molecular formula is CBiFeOS. The van der Waals surface area contributed by atoms with Crippen molar-refractivity contribution >= 4 is 36.3 Å². The van der Waals surface area contributed by atoms with Gasteiger partial charge in [0.2, 0.25) is 0 Å². The van der Waals surface area contributed by atoms with Gasteiger partial charge in [0, 0.05) is 0 Å². The van der Waals surface area contributed by atoms with Gasteiger partial charge in [-0.25, -0.2) is 0 Å². The van der Waals surface area contributed by atoms with Crippen LogP contribution >= 0.6 is 8.86 Å². The standard InChI is InChI=1S/CO.Bi.Fe.S/c1-2;;;. The van der Waals surface area contributed by atoms with Crippen molar-refractivity contribution in [1.82, 2.24) is 0 Å². The molecule has 0 atom stereocenters. The van der Waals surface area contributed by atoms with Crippen LogP contribution in [0.25, 0.3) is 0 Å². The third kappa shape index (κ3) is 36.9. The van der Waals surface area contributed by atoms with Gasteiger partial charge in [-0.3, -0.25) is 0 Å². The van der Waals surface area contributed by atoms with E-state index in [0.717, 1.165) is 22.7 Å². The summed E-state index contributed by atoms with van der Waals surface area (Å²) in [5.74, 6) is 0. The Morgan fingerprint density at radius 3 is 1.80 bits per heavy atom. The predicted octanol–water partition coefficient (Wildman–Crippen LogP) is -0.132. The van der Waals surface area contributed by atoms with Crippen LogP contribution in [0.2, 0.25) is 0 Å². The minimum atomic E-state index is 1.03. The average Bonchev–Trinajstić information content (AvgIpc) is 1.46. The van der Waals surface area contributed by atoms with Crippen LogP contribution in [-0.4, -0.2) is 27.5 Å². The molecule has 0 unspecified atom stereocenters. The molecule has 0 heterocycles. The topological polar surface area (TPSA) is 17.1 Å². The molecule has 0 rings (SSSR count). The molecule has 0 saturated carbocycles. The summed E-state index contributed by atoms with van der Waals surface area (Å²) in [5, 5.41) is 0. The van der Waals surface area contributed by atoms with Gasteiger partial charge in [0.25, 0.3) is 0 Å². The van der Waals surface area contributed by atoms with Crippen LogP contribution in [0.15, 0.2) is 0 Å². The molecule has 0 aromatic rings. The van der Waals surface area contributed by atoms with E-state index >= 15 is 0 Å². The van der Waals surface area contributed by atoms with Crippen LogP contribution in [-0.2, 0) is 20.4 Å². The molecule has 1 radical (unpaired) electrons. The van der Waals surface area contributed by atoms with Gasteiger partial charge in [0.1, 0.15) is 0 Å². The fourth-order valence-corrected chi connectivity index (χ4v) is 0. The first-order valence-corrected chi connectivity index (χ1v) is 5.74. The molecule has 0 aromatic carbocycles. The van der Waals surface area contributed by atoms with E-state index in [4.69, 9.17) is 4.79 Å². The second-order valence-corrected chi connectivity index (χ2v) is 0.298. The maximum atomic E-state index is 8.57. The molecule has 5 heavy (non-hydrogen) atoms. The normalized spacial score (nSPS) is 2.60. The fourth-order valence-electron chi connectivity index (χ4n) is 0. The van der Waals surface area contributed by atoms with E-state index in [1.807, 2.05) is 0 Å². The van der Waals surface area contributed by atoms with Gasteiger partial charge in [-0.1, -0.05) is 0 Å². The van der Waals surface area contributed by atoms with Crippen LogP contribution in [0, 0.1) is 0 Å². The monoisotopic (exact) mass is 325 g/mol. The van der Waals surface area contributed by atoms with Crippen molar-refractivity contribution in [2.45, 2.75) is 0 Å². The second kappa shape index (κ2) is 18.9. The Hall–Kier alpha value is 1.20. The summed E-state index contributed by atoms with van der Waals surface area (Å²) in [6, 6.07) is 0. The molecule has 29 valence electrons. The number of hydrogen-bond acceptors (Lipinski definition) is 2. The molecule has 0 aromatic heterocycles. The van der Waals surface area contributed by atoms with Gasteiger partial charge < -0.3 is 0 Å². The molecule has 0 aliphatic rings. The molecule has 1 nitrogen and oxygen atoms in total. The van der Waals surface area contributed by atoms with Crippen molar-refractivity contribution in [3.05, 3.63) is 0 Å². The van der Waals surface area contributed by atoms with Crippen LogP contribution in [0.5, 0.6) is 0 Å². The minimum absolute atomic E-state index is 1.03. The Kier molecular flexibility index (Phi) is 36.0. The van der Waals surface area contributed by atoms with Crippen molar-refractivity contribution in [1.29, 1.82) is 0 Å². The predicted molar refractivity (Wildman–Crippen MR) is 19.0 cm³/mol. The van der Waals surface area contributed by atoms with Crippen LogP contribution in [0.3, 0.4) is 0 Å². The van der Waals surface area contributed by atoms with Crippen molar-refractivity contribution in [2.75, 3.05) is 0 Å². The summed E-state index contributed by atoms with van der Waals surface area (Å²) in [6.07, 6.45) is 0. The van der Waals surface area contributed by atoms with Gasteiger partial charge in [0.15, 0.2) is 0 Å². The van der Waals surface area contributed by atoms with E-state index in [-0.39, 0.29) is 0 Å². The van der Waals surface area contributed by atoms with E-state index in [1.165, 1.54) is 4.79 Å². The number of rotatable bonds is 0. The van der Waals surface area contributed by atoms with Gasteiger partial charge in [-0.15, -0.1) is 0 Å². The molecule has 0 bridgehead atoms. The molecular weight excluding hydrogens is 325 g/mol. The van der Waals surface area contributed by atoms with Crippen molar-refractivity contribution in [3.63, 3.8) is 0 Å². The molecule has 0 N–H and O–H groups in total. The Morgan fingerprint density at radius 1 is 1.80 bits per heavy atom. The van der Waals surface area contributed by atoms with E-state index in [9.17, 15) is 0 Å². The Labute approximate surface area is 56.3 Å². The Bertz CT molecular complexity index is 40.9. The summed E-state index contributed by atoms with van der Waals surface area (Å²) in [7, 11) is 4.19.